The summed E-state index contributed by atoms with van der Waals surface area (Å²) in [6.45, 7) is 4.14. The lowest BCUT2D eigenvalue weighted by Gasteiger charge is -2.26. The summed E-state index contributed by atoms with van der Waals surface area (Å²) in [5, 5.41) is 5.58. The van der Waals surface area contributed by atoms with E-state index in [9.17, 15) is 14.4 Å². The van der Waals surface area contributed by atoms with Crippen molar-refractivity contribution in [2.45, 2.75) is 32.9 Å². The summed E-state index contributed by atoms with van der Waals surface area (Å²) in [7, 11) is 0. The highest BCUT2D eigenvalue weighted by molar-refractivity contribution is 7.13. The summed E-state index contributed by atoms with van der Waals surface area (Å²) in [6.07, 6.45) is 3.80. The Balaban J connectivity index is 1.49. The van der Waals surface area contributed by atoms with Crippen molar-refractivity contribution in [3.05, 3.63) is 71.0 Å². The van der Waals surface area contributed by atoms with Gasteiger partial charge in [0.15, 0.2) is 0 Å². The molecule has 1 N–H and O–H groups in total. The van der Waals surface area contributed by atoms with Gasteiger partial charge in [-0.05, 0) is 36.6 Å². The third kappa shape index (κ3) is 4.25. The van der Waals surface area contributed by atoms with E-state index >= 15 is 0 Å². The predicted octanol–water partition coefficient (Wildman–Crippen LogP) is 3.53. The lowest BCUT2D eigenvalue weighted by Crippen LogP contribution is -2.50. The summed E-state index contributed by atoms with van der Waals surface area (Å²) >= 11 is 1.48. The SMILES string of the molecule is CC(C)CC(C(=O)NCc1csc(-c2ccncc2)n1)N1C(=O)c2ccccc2C1=O. The fourth-order valence-corrected chi connectivity index (χ4v) is 4.40. The number of amides is 3. The first-order chi connectivity index (χ1) is 15.0. The van der Waals surface area contributed by atoms with Gasteiger partial charge in [0, 0.05) is 23.3 Å². The number of benzene rings is 1. The van der Waals surface area contributed by atoms with Gasteiger partial charge in [0.2, 0.25) is 5.91 Å². The van der Waals surface area contributed by atoms with Crippen LogP contribution in [0.1, 0.15) is 46.7 Å². The van der Waals surface area contributed by atoms with Crippen LogP contribution in [0.15, 0.2) is 54.2 Å². The summed E-state index contributed by atoms with van der Waals surface area (Å²) in [4.78, 5) is 48.5. The summed E-state index contributed by atoms with van der Waals surface area (Å²) < 4.78 is 0. The minimum absolute atomic E-state index is 0.123. The molecule has 7 nitrogen and oxygen atoms in total. The number of hydrogen-bond acceptors (Lipinski definition) is 6. The molecule has 0 radical (unpaired) electrons. The standard InChI is InChI=1S/C23H22N4O3S/c1-14(2)11-19(27-22(29)17-5-3-4-6-18(17)23(27)30)20(28)25-12-16-13-31-21(26-16)15-7-9-24-10-8-15/h3-10,13-14,19H,11-12H2,1-2H3,(H,25,28). The number of aromatic nitrogens is 2. The zero-order valence-electron chi connectivity index (χ0n) is 17.2. The number of hydrogen-bond donors (Lipinski definition) is 1. The topological polar surface area (TPSA) is 92.3 Å². The van der Waals surface area contributed by atoms with Crippen molar-refractivity contribution in [3.63, 3.8) is 0 Å². The number of carbonyl (C=O) groups excluding carboxylic acids is 3. The Bertz CT molecular complexity index is 1090. The minimum atomic E-state index is -0.870. The number of nitrogens with zero attached hydrogens (tertiary/aromatic N) is 3. The number of rotatable bonds is 7. The fraction of sp³-hybridized carbons (Fsp3) is 0.261. The van der Waals surface area contributed by atoms with Crippen LogP contribution in [0.4, 0.5) is 0 Å². The lowest BCUT2D eigenvalue weighted by atomic mass is 10.0. The summed E-state index contributed by atoms with van der Waals surface area (Å²) in [6, 6.07) is 9.56. The van der Waals surface area contributed by atoms with Gasteiger partial charge in [0.05, 0.1) is 23.4 Å². The molecule has 8 heteroatoms. The van der Waals surface area contributed by atoms with E-state index in [-0.39, 0.29) is 18.4 Å². The van der Waals surface area contributed by atoms with E-state index < -0.39 is 17.9 Å². The maximum atomic E-state index is 13.1. The second-order valence-corrected chi connectivity index (χ2v) is 8.63. The lowest BCUT2D eigenvalue weighted by molar-refractivity contribution is -0.125. The molecule has 0 aliphatic carbocycles. The molecule has 158 valence electrons. The van der Waals surface area contributed by atoms with Gasteiger partial charge in [-0.1, -0.05) is 26.0 Å². The van der Waals surface area contributed by atoms with Crippen molar-refractivity contribution >= 4 is 29.1 Å². The monoisotopic (exact) mass is 434 g/mol. The number of pyridine rings is 1. The fourth-order valence-electron chi connectivity index (χ4n) is 3.58. The highest BCUT2D eigenvalue weighted by atomic mass is 32.1. The van der Waals surface area contributed by atoms with Crippen LogP contribution in [0, 0.1) is 5.92 Å². The van der Waals surface area contributed by atoms with Crippen LogP contribution in [0.2, 0.25) is 0 Å². The molecule has 4 rings (SSSR count). The molecule has 0 saturated heterocycles. The van der Waals surface area contributed by atoms with Gasteiger partial charge in [-0.2, -0.15) is 0 Å². The van der Waals surface area contributed by atoms with E-state index in [0.717, 1.165) is 21.2 Å². The average molecular weight is 435 g/mol. The molecule has 1 aromatic carbocycles. The molecule has 3 aromatic rings. The third-order valence-corrected chi connectivity index (χ3v) is 6.00. The zero-order chi connectivity index (χ0) is 22.0. The highest BCUT2D eigenvalue weighted by Gasteiger charge is 2.42. The number of nitrogens with one attached hydrogen (secondary N) is 1. The second-order valence-electron chi connectivity index (χ2n) is 7.77. The Hall–Kier alpha value is -3.39. The quantitative estimate of drug-likeness (QED) is 0.574. The van der Waals surface area contributed by atoms with Gasteiger partial charge in [-0.3, -0.25) is 24.3 Å². The predicted molar refractivity (Wildman–Crippen MR) is 117 cm³/mol. The van der Waals surface area contributed by atoms with Gasteiger partial charge in [-0.25, -0.2) is 4.98 Å². The third-order valence-electron chi connectivity index (χ3n) is 5.06. The number of carbonyl (C=O) groups is 3. The average Bonchev–Trinajstić information content (AvgIpc) is 3.35. The maximum Gasteiger partial charge on any atom is 0.262 e. The van der Waals surface area contributed by atoms with Gasteiger partial charge in [-0.15, -0.1) is 11.3 Å². The van der Waals surface area contributed by atoms with Crippen LogP contribution in [0.25, 0.3) is 10.6 Å². The van der Waals surface area contributed by atoms with E-state index in [1.54, 1.807) is 36.7 Å². The normalized spacial score (nSPS) is 14.1. The molecule has 3 heterocycles. The maximum absolute atomic E-state index is 13.1. The first-order valence-corrected chi connectivity index (χ1v) is 10.9. The Morgan fingerprint density at radius 3 is 2.32 bits per heavy atom. The van der Waals surface area contributed by atoms with Crippen molar-refractivity contribution in [1.29, 1.82) is 0 Å². The van der Waals surface area contributed by atoms with Crippen molar-refractivity contribution in [2.75, 3.05) is 0 Å². The highest BCUT2D eigenvalue weighted by Crippen LogP contribution is 2.27. The Morgan fingerprint density at radius 1 is 1.06 bits per heavy atom. The van der Waals surface area contributed by atoms with Crippen molar-refractivity contribution in [1.82, 2.24) is 20.2 Å². The molecule has 31 heavy (non-hydrogen) atoms. The first-order valence-electron chi connectivity index (χ1n) is 10.0. The number of fused-ring (bicyclic) bond motifs is 1. The Morgan fingerprint density at radius 2 is 1.71 bits per heavy atom. The van der Waals surface area contributed by atoms with Gasteiger partial charge >= 0.3 is 0 Å². The minimum Gasteiger partial charge on any atom is -0.349 e. The largest absolute Gasteiger partial charge is 0.349 e. The van der Waals surface area contributed by atoms with Gasteiger partial charge in [0.25, 0.3) is 11.8 Å². The smallest absolute Gasteiger partial charge is 0.262 e. The zero-order valence-corrected chi connectivity index (χ0v) is 18.1. The molecule has 2 aromatic heterocycles. The number of imide groups is 1. The summed E-state index contributed by atoms with van der Waals surface area (Å²) in [5.41, 5.74) is 2.36. The van der Waals surface area contributed by atoms with Crippen LogP contribution in [0.3, 0.4) is 0 Å². The Labute approximate surface area is 184 Å². The molecule has 0 spiro atoms. The molecule has 1 unspecified atom stereocenters. The van der Waals surface area contributed by atoms with E-state index in [1.165, 1.54) is 11.3 Å². The van der Waals surface area contributed by atoms with E-state index in [0.29, 0.717) is 17.5 Å². The van der Waals surface area contributed by atoms with Gasteiger partial charge < -0.3 is 5.32 Å². The van der Waals surface area contributed by atoms with Crippen LogP contribution in [-0.2, 0) is 11.3 Å². The molecule has 0 fully saturated rings. The molecule has 3 amide bonds. The van der Waals surface area contributed by atoms with Crippen LogP contribution in [0.5, 0.6) is 0 Å². The molecular weight excluding hydrogens is 412 g/mol. The van der Waals surface area contributed by atoms with E-state index in [2.05, 4.69) is 15.3 Å². The van der Waals surface area contributed by atoms with Crippen molar-refractivity contribution in [3.8, 4) is 10.6 Å². The molecule has 0 saturated carbocycles. The van der Waals surface area contributed by atoms with E-state index in [1.807, 2.05) is 31.4 Å². The Kier molecular flexibility index (Phi) is 5.90. The molecule has 1 aliphatic rings. The van der Waals surface area contributed by atoms with Crippen LogP contribution >= 0.6 is 11.3 Å². The molecular formula is C23H22N4O3S. The van der Waals surface area contributed by atoms with Crippen molar-refractivity contribution in [2.24, 2.45) is 5.92 Å². The number of thiazole rings is 1. The molecule has 0 bridgehead atoms. The van der Waals surface area contributed by atoms with Gasteiger partial charge in [0.1, 0.15) is 11.0 Å². The summed E-state index contributed by atoms with van der Waals surface area (Å²) in [5.74, 6) is -1.08. The second kappa shape index (κ2) is 8.77. The molecule has 1 atom stereocenters. The van der Waals surface area contributed by atoms with Crippen LogP contribution < -0.4 is 5.32 Å². The van der Waals surface area contributed by atoms with E-state index in [4.69, 9.17) is 0 Å². The molecule has 1 aliphatic heterocycles. The first kappa shape index (κ1) is 20.9. The van der Waals surface area contributed by atoms with Crippen molar-refractivity contribution < 1.29 is 14.4 Å². The van der Waals surface area contributed by atoms with Crippen LogP contribution in [-0.4, -0.2) is 38.6 Å².